The van der Waals surface area contributed by atoms with E-state index >= 15 is 0 Å². The van der Waals surface area contributed by atoms with Gasteiger partial charge in [0.1, 0.15) is 0 Å². The van der Waals surface area contributed by atoms with E-state index in [0.717, 1.165) is 19.5 Å². The number of thiophene rings is 1. The van der Waals surface area contributed by atoms with E-state index in [2.05, 4.69) is 12.2 Å². The van der Waals surface area contributed by atoms with Crippen molar-refractivity contribution in [1.82, 2.24) is 10.2 Å². The molecule has 0 aliphatic carbocycles. The summed E-state index contributed by atoms with van der Waals surface area (Å²) in [6.07, 6.45) is 2.38. The number of hydrogen-bond donors (Lipinski definition) is 1. The average Bonchev–Trinajstić information content (AvgIpc) is 2.78. The maximum atomic E-state index is 11.9. The summed E-state index contributed by atoms with van der Waals surface area (Å²) in [5.41, 5.74) is 0. The van der Waals surface area contributed by atoms with E-state index in [1.165, 1.54) is 11.3 Å². The van der Waals surface area contributed by atoms with Crippen LogP contribution in [0.4, 0.5) is 4.79 Å². The van der Waals surface area contributed by atoms with Gasteiger partial charge in [-0.15, -0.1) is 11.3 Å². The van der Waals surface area contributed by atoms with Crippen molar-refractivity contribution < 1.29 is 4.79 Å². The monoisotopic (exact) mass is 238 g/mol. The number of carbonyl (C=O) groups is 1. The summed E-state index contributed by atoms with van der Waals surface area (Å²) in [6, 6.07) is 4.14. The van der Waals surface area contributed by atoms with Crippen LogP contribution in [0, 0.1) is 5.92 Å². The highest BCUT2D eigenvalue weighted by molar-refractivity contribution is 7.09. The van der Waals surface area contributed by atoms with Crippen LogP contribution in [0.2, 0.25) is 0 Å². The molecule has 2 rings (SSSR count). The molecule has 16 heavy (non-hydrogen) atoms. The first kappa shape index (κ1) is 11.5. The second-order valence-electron chi connectivity index (χ2n) is 4.43. The lowest BCUT2D eigenvalue weighted by Gasteiger charge is -2.30. The zero-order valence-corrected chi connectivity index (χ0v) is 10.4. The topological polar surface area (TPSA) is 32.3 Å². The predicted octanol–water partition coefficient (Wildman–Crippen LogP) is 2.69. The van der Waals surface area contributed by atoms with Crippen molar-refractivity contribution in [3.05, 3.63) is 22.4 Å². The van der Waals surface area contributed by atoms with Gasteiger partial charge in [0, 0.05) is 18.0 Å². The fraction of sp³-hybridized carbons (Fsp3) is 0.583. The Balaban J connectivity index is 1.79. The molecule has 4 heteroatoms. The lowest BCUT2D eigenvalue weighted by atomic mass is 10.0. The fourth-order valence-corrected chi connectivity index (χ4v) is 2.71. The number of nitrogens with one attached hydrogen (secondary N) is 1. The van der Waals surface area contributed by atoms with Crippen molar-refractivity contribution >= 4 is 17.4 Å². The van der Waals surface area contributed by atoms with E-state index in [-0.39, 0.29) is 6.03 Å². The van der Waals surface area contributed by atoms with Gasteiger partial charge in [0.15, 0.2) is 0 Å². The summed E-state index contributed by atoms with van der Waals surface area (Å²) in [5.74, 6) is 0.640. The van der Waals surface area contributed by atoms with Gasteiger partial charge in [0.05, 0.1) is 6.54 Å². The van der Waals surface area contributed by atoms with Crippen molar-refractivity contribution in [2.45, 2.75) is 26.3 Å². The SMILES string of the molecule is CC1CCCN(C(=O)NCc2cccs2)C1. The van der Waals surface area contributed by atoms with Crippen molar-refractivity contribution in [3.8, 4) is 0 Å². The highest BCUT2D eigenvalue weighted by Crippen LogP contribution is 2.15. The molecular formula is C12H18N2OS. The highest BCUT2D eigenvalue weighted by atomic mass is 32.1. The molecule has 2 amide bonds. The summed E-state index contributed by atoms with van der Waals surface area (Å²) in [5, 5.41) is 5.00. The summed E-state index contributed by atoms with van der Waals surface area (Å²) < 4.78 is 0. The number of nitrogens with zero attached hydrogens (tertiary/aromatic N) is 1. The Labute approximate surface area is 100 Å². The maximum Gasteiger partial charge on any atom is 0.317 e. The van der Waals surface area contributed by atoms with Gasteiger partial charge in [-0.05, 0) is 30.2 Å². The first-order chi connectivity index (χ1) is 7.75. The summed E-state index contributed by atoms with van der Waals surface area (Å²) >= 11 is 1.68. The Hall–Kier alpha value is -1.03. The van der Waals surface area contributed by atoms with Crippen LogP contribution in [0.25, 0.3) is 0 Å². The molecule has 0 aromatic carbocycles. The zero-order valence-electron chi connectivity index (χ0n) is 9.61. The van der Waals surface area contributed by atoms with Crippen LogP contribution < -0.4 is 5.32 Å². The van der Waals surface area contributed by atoms with E-state index in [1.807, 2.05) is 22.4 Å². The largest absolute Gasteiger partial charge is 0.333 e. The molecule has 0 radical (unpaired) electrons. The minimum absolute atomic E-state index is 0.0833. The molecule has 1 aromatic rings. The third-order valence-corrected chi connectivity index (χ3v) is 3.81. The minimum Gasteiger partial charge on any atom is -0.333 e. The van der Waals surface area contributed by atoms with E-state index in [4.69, 9.17) is 0 Å². The van der Waals surface area contributed by atoms with E-state index < -0.39 is 0 Å². The number of carbonyl (C=O) groups excluding carboxylic acids is 1. The second kappa shape index (κ2) is 5.34. The van der Waals surface area contributed by atoms with Crippen LogP contribution in [-0.2, 0) is 6.54 Å². The number of hydrogen-bond acceptors (Lipinski definition) is 2. The van der Waals surface area contributed by atoms with Crippen LogP contribution >= 0.6 is 11.3 Å². The van der Waals surface area contributed by atoms with Gasteiger partial charge in [-0.25, -0.2) is 4.79 Å². The molecule has 0 bridgehead atoms. The van der Waals surface area contributed by atoms with Gasteiger partial charge in [-0.2, -0.15) is 0 Å². The summed E-state index contributed by atoms with van der Waals surface area (Å²) in [7, 11) is 0. The van der Waals surface area contributed by atoms with Crippen LogP contribution in [0.15, 0.2) is 17.5 Å². The van der Waals surface area contributed by atoms with E-state index in [0.29, 0.717) is 12.5 Å². The molecule has 1 unspecified atom stereocenters. The average molecular weight is 238 g/mol. The smallest absolute Gasteiger partial charge is 0.317 e. The Morgan fingerprint density at radius 3 is 3.25 bits per heavy atom. The Morgan fingerprint density at radius 1 is 1.69 bits per heavy atom. The number of urea groups is 1. The molecule has 1 N–H and O–H groups in total. The zero-order chi connectivity index (χ0) is 11.4. The minimum atomic E-state index is 0.0833. The van der Waals surface area contributed by atoms with Gasteiger partial charge in [0.2, 0.25) is 0 Å². The number of piperidine rings is 1. The maximum absolute atomic E-state index is 11.9. The van der Waals surface area contributed by atoms with Crippen molar-refractivity contribution in [1.29, 1.82) is 0 Å². The van der Waals surface area contributed by atoms with Crippen molar-refractivity contribution in [2.24, 2.45) is 5.92 Å². The Bertz CT molecular complexity index is 337. The number of likely N-dealkylation sites (tertiary alicyclic amines) is 1. The van der Waals surface area contributed by atoms with E-state index in [1.54, 1.807) is 11.3 Å². The van der Waals surface area contributed by atoms with Crippen LogP contribution in [-0.4, -0.2) is 24.0 Å². The first-order valence-electron chi connectivity index (χ1n) is 5.81. The van der Waals surface area contributed by atoms with Crippen LogP contribution in [0.1, 0.15) is 24.6 Å². The second-order valence-corrected chi connectivity index (χ2v) is 5.46. The molecule has 1 atom stereocenters. The first-order valence-corrected chi connectivity index (χ1v) is 6.69. The third-order valence-electron chi connectivity index (χ3n) is 2.94. The standard InChI is InChI=1S/C12H18N2OS/c1-10-4-2-6-14(9-10)12(15)13-8-11-5-3-7-16-11/h3,5,7,10H,2,4,6,8-9H2,1H3,(H,13,15). The van der Waals surface area contributed by atoms with Crippen LogP contribution in [0.5, 0.6) is 0 Å². The predicted molar refractivity (Wildman–Crippen MR) is 66.5 cm³/mol. The number of rotatable bonds is 2. The number of amides is 2. The Kier molecular flexibility index (Phi) is 3.83. The molecule has 88 valence electrons. The normalized spacial score (nSPS) is 20.8. The molecule has 2 heterocycles. The molecular weight excluding hydrogens is 220 g/mol. The van der Waals surface area contributed by atoms with Gasteiger partial charge < -0.3 is 10.2 Å². The highest BCUT2D eigenvalue weighted by Gasteiger charge is 2.20. The molecule has 1 aromatic heterocycles. The van der Waals surface area contributed by atoms with Gasteiger partial charge in [0.25, 0.3) is 0 Å². The molecule has 1 saturated heterocycles. The van der Waals surface area contributed by atoms with E-state index in [9.17, 15) is 4.79 Å². The molecule has 0 spiro atoms. The van der Waals surface area contributed by atoms with Crippen molar-refractivity contribution in [2.75, 3.05) is 13.1 Å². The molecule has 1 aliphatic heterocycles. The van der Waals surface area contributed by atoms with Gasteiger partial charge >= 0.3 is 6.03 Å². The van der Waals surface area contributed by atoms with Gasteiger partial charge in [-0.3, -0.25) is 0 Å². The summed E-state index contributed by atoms with van der Waals surface area (Å²) in [6.45, 7) is 4.66. The van der Waals surface area contributed by atoms with Crippen molar-refractivity contribution in [3.63, 3.8) is 0 Å². The third kappa shape index (κ3) is 2.98. The quantitative estimate of drug-likeness (QED) is 0.844. The Morgan fingerprint density at radius 2 is 2.56 bits per heavy atom. The molecule has 3 nitrogen and oxygen atoms in total. The fourth-order valence-electron chi connectivity index (χ4n) is 2.06. The lowest BCUT2D eigenvalue weighted by Crippen LogP contribution is -2.44. The van der Waals surface area contributed by atoms with Crippen LogP contribution in [0.3, 0.4) is 0 Å². The molecule has 1 aliphatic rings. The molecule has 1 fully saturated rings. The summed E-state index contributed by atoms with van der Waals surface area (Å²) in [4.78, 5) is 15.0. The molecule has 0 saturated carbocycles. The lowest BCUT2D eigenvalue weighted by molar-refractivity contribution is 0.169. The van der Waals surface area contributed by atoms with Gasteiger partial charge in [-0.1, -0.05) is 13.0 Å².